The third kappa shape index (κ3) is 3.98. The number of nitriles is 1. The van der Waals surface area contributed by atoms with Gasteiger partial charge in [0.25, 0.3) is 0 Å². The van der Waals surface area contributed by atoms with E-state index in [2.05, 4.69) is 32.5 Å². The number of pyridine rings is 1. The van der Waals surface area contributed by atoms with E-state index in [0.29, 0.717) is 22.9 Å². The van der Waals surface area contributed by atoms with Crippen molar-refractivity contribution in [2.45, 2.75) is 45.5 Å². The summed E-state index contributed by atoms with van der Waals surface area (Å²) in [6, 6.07) is 10.1. The predicted molar refractivity (Wildman–Crippen MR) is 110 cm³/mol. The molecule has 0 bridgehead atoms. The molecule has 0 unspecified atom stereocenters. The van der Waals surface area contributed by atoms with Gasteiger partial charge in [-0.1, -0.05) is 12.1 Å². The van der Waals surface area contributed by atoms with Gasteiger partial charge in [-0.15, -0.1) is 0 Å². The smallest absolute Gasteiger partial charge is 0.338 e. The molecule has 156 valence electrons. The Morgan fingerprint density at radius 2 is 2.03 bits per heavy atom. The Morgan fingerprint density at radius 1 is 1.27 bits per heavy atom. The van der Waals surface area contributed by atoms with Crippen molar-refractivity contribution in [1.29, 1.82) is 5.26 Å². The van der Waals surface area contributed by atoms with E-state index in [4.69, 9.17) is 0 Å². The van der Waals surface area contributed by atoms with E-state index in [1.54, 1.807) is 12.1 Å². The van der Waals surface area contributed by atoms with Gasteiger partial charge in [0.1, 0.15) is 12.1 Å². The van der Waals surface area contributed by atoms with E-state index in [1.165, 1.54) is 19.0 Å². The first-order valence-corrected chi connectivity index (χ1v) is 9.85. The molecule has 2 aromatic heterocycles. The lowest BCUT2D eigenvalue weighted by atomic mass is 10.1. The maximum Gasteiger partial charge on any atom is 0.405 e. The minimum absolute atomic E-state index is 0.411. The van der Waals surface area contributed by atoms with Crippen LogP contribution >= 0.6 is 0 Å². The molecule has 8 heteroatoms. The van der Waals surface area contributed by atoms with Crippen molar-refractivity contribution in [3.8, 4) is 17.5 Å². The van der Waals surface area contributed by atoms with Gasteiger partial charge in [-0.05, 0) is 56.4 Å². The summed E-state index contributed by atoms with van der Waals surface area (Å²) in [6.07, 6.45) is -0.529. The van der Waals surface area contributed by atoms with Gasteiger partial charge in [-0.2, -0.15) is 18.4 Å². The fourth-order valence-electron chi connectivity index (χ4n) is 3.47. The molecule has 0 aliphatic heterocycles. The first-order chi connectivity index (χ1) is 14.3. The number of alkyl halides is 3. The number of hydrazine groups is 1. The molecule has 0 saturated heterocycles. The number of hydrogen-bond acceptors (Lipinski definition) is 4. The van der Waals surface area contributed by atoms with Crippen molar-refractivity contribution in [1.82, 2.24) is 15.0 Å². The summed E-state index contributed by atoms with van der Waals surface area (Å²) in [5.74, 6) is 0.598. The molecule has 1 saturated carbocycles. The Morgan fingerprint density at radius 3 is 2.63 bits per heavy atom. The van der Waals surface area contributed by atoms with Crippen LogP contribution in [0.25, 0.3) is 22.3 Å². The van der Waals surface area contributed by atoms with Crippen molar-refractivity contribution in [3.63, 3.8) is 0 Å². The molecule has 1 atom stereocenters. The summed E-state index contributed by atoms with van der Waals surface area (Å²) in [6.45, 7) is 3.88. The second kappa shape index (κ2) is 7.65. The number of aryl methyl sites for hydroxylation is 1. The van der Waals surface area contributed by atoms with Crippen molar-refractivity contribution >= 4 is 16.6 Å². The standard InChI is InChI=1S/C22H22F3N5/c1-13-3-7-17-18(10-26)21(30(20(17)9-13)12-15-4-5-15)19-8-6-16(11-27-19)29-28-14(2)22(23,24)25/h3,6-9,11,14-15,28-29H,4-5,12H2,1-2H3/t14-/m1/s1. The molecule has 5 nitrogen and oxygen atoms in total. The van der Waals surface area contributed by atoms with Crippen LogP contribution in [0.4, 0.5) is 18.9 Å². The third-order valence-corrected chi connectivity index (χ3v) is 5.40. The first kappa shape index (κ1) is 20.2. The molecule has 2 heterocycles. The fraction of sp³-hybridized carbons (Fsp3) is 0.364. The summed E-state index contributed by atoms with van der Waals surface area (Å²) in [5, 5.41) is 10.8. The van der Waals surface area contributed by atoms with E-state index in [9.17, 15) is 18.4 Å². The molecule has 1 fully saturated rings. The molecule has 0 spiro atoms. The molecule has 0 radical (unpaired) electrons. The predicted octanol–water partition coefficient (Wildman–Crippen LogP) is 5.16. The number of aromatic nitrogens is 2. The van der Waals surface area contributed by atoms with Crippen LogP contribution in [0.1, 0.15) is 30.9 Å². The highest BCUT2D eigenvalue weighted by Crippen LogP contribution is 2.38. The second-order valence-electron chi connectivity index (χ2n) is 7.87. The molecule has 1 aliphatic rings. The lowest BCUT2D eigenvalue weighted by molar-refractivity contribution is -0.150. The Hall–Kier alpha value is -3.05. The van der Waals surface area contributed by atoms with Crippen LogP contribution in [-0.4, -0.2) is 21.8 Å². The van der Waals surface area contributed by atoms with Gasteiger partial charge in [0.05, 0.1) is 34.4 Å². The van der Waals surface area contributed by atoms with Gasteiger partial charge in [-0.25, -0.2) is 5.43 Å². The highest BCUT2D eigenvalue weighted by atomic mass is 19.4. The Kier molecular flexibility index (Phi) is 5.16. The van der Waals surface area contributed by atoms with Crippen LogP contribution in [-0.2, 0) is 6.54 Å². The maximum absolute atomic E-state index is 12.7. The molecular weight excluding hydrogens is 391 g/mol. The summed E-state index contributed by atoms with van der Waals surface area (Å²) in [4.78, 5) is 4.45. The van der Waals surface area contributed by atoms with E-state index < -0.39 is 12.2 Å². The highest BCUT2D eigenvalue weighted by molar-refractivity contribution is 5.94. The van der Waals surface area contributed by atoms with Crippen LogP contribution in [0, 0.1) is 24.2 Å². The Bertz CT molecular complexity index is 1100. The van der Waals surface area contributed by atoms with Gasteiger partial charge >= 0.3 is 6.18 Å². The molecule has 3 aromatic rings. The quantitative estimate of drug-likeness (QED) is 0.548. The number of nitrogens with zero attached hydrogens (tertiary/aromatic N) is 3. The number of hydrogen-bond donors (Lipinski definition) is 2. The first-order valence-electron chi connectivity index (χ1n) is 9.85. The van der Waals surface area contributed by atoms with E-state index in [-0.39, 0.29) is 0 Å². The van der Waals surface area contributed by atoms with Crippen LogP contribution in [0.5, 0.6) is 0 Å². The number of benzene rings is 1. The molecule has 4 rings (SSSR count). The van der Waals surface area contributed by atoms with E-state index in [1.807, 2.05) is 19.1 Å². The lowest BCUT2D eigenvalue weighted by Crippen LogP contribution is -2.42. The summed E-state index contributed by atoms with van der Waals surface area (Å²) in [7, 11) is 0. The molecule has 0 amide bonds. The SMILES string of the molecule is Cc1ccc2c(C#N)c(-c3ccc(NN[C@H](C)C(F)(F)F)cn3)n(CC3CC3)c2c1. The zero-order chi connectivity index (χ0) is 21.5. The number of rotatable bonds is 6. The summed E-state index contributed by atoms with van der Waals surface area (Å²) in [5.41, 5.74) is 9.26. The van der Waals surface area contributed by atoms with Crippen LogP contribution in [0.3, 0.4) is 0 Å². The summed E-state index contributed by atoms with van der Waals surface area (Å²) >= 11 is 0. The van der Waals surface area contributed by atoms with Gasteiger partial charge < -0.3 is 9.99 Å². The number of halogens is 3. The zero-order valence-electron chi connectivity index (χ0n) is 16.7. The maximum atomic E-state index is 12.7. The van der Waals surface area contributed by atoms with Gasteiger partial charge in [0.2, 0.25) is 0 Å². The van der Waals surface area contributed by atoms with E-state index >= 15 is 0 Å². The minimum atomic E-state index is -4.34. The van der Waals surface area contributed by atoms with Crippen molar-refractivity contribution in [2.75, 3.05) is 5.43 Å². The topological polar surface area (TPSA) is 65.7 Å². The molecule has 1 aliphatic carbocycles. The lowest BCUT2D eigenvalue weighted by Gasteiger charge is -2.18. The summed E-state index contributed by atoms with van der Waals surface area (Å²) < 4.78 is 40.1. The van der Waals surface area contributed by atoms with Gasteiger partial charge in [0, 0.05) is 11.9 Å². The third-order valence-electron chi connectivity index (χ3n) is 5.40. The van der Waals surface area contributed by atoms with Crippen molar-refractivity contribution in [2.24, 2.45) is 5.92 Å². The molecular formula is C22H22F3N5. The molecule has 30 heavy (non-hydrogen) atoms. The van der Waals surface area contributed by atoms with Crippen LogP contribution < -0.4 is 10.9 Å². The number of fused-ring (bicyclic) bond motifs is 1. The van der Waals surface area contributed by atoms with E-state index in [0.717, 1.165) is 35.6 Å². The Labute approximate surface area is 172 Å². The van der Waals surface area contributed by atoms with Gasteiger partial charge in [-0.3, -0.25) is 4.98 Å². The molecule has 2 N–H and O–H groups in total. The monoisotopic (exact) mass is 413 g/mol. The Balaban J connectivity index is 1.69. The zero-order valence-corrected chi connectivity index (χ0v) is 16.7. The van der Waals surface area contributed by atoms with Crippen molar-refractivity contribution < 1.29 is 13.2 Å². The normalized spacial score (nSPS) is 15.2. The fourth-order valence-corrected chi connectivity index (χ4v) is 3.47. The number of anilines is 1. The highest BCUT2D eigenvalue weighted by Gasteiger charge is 2.35. The average Bonchev–Trinajstić information content (AvgIpc) is 3.48. The van der Waals surface area contributed by atoms with Gasteiger partial charge in [0.15, 0.2) is 0 Å². The second-order valence-corrected chi connectivity index (χ2v) is 7.87. The van der Waals surface area contributed by atoms with Crippen LogP contribution in [0.15, 0.2) is 36.5 Å². The largest absolute Gasteiger partial charge is 0.405 e. The number of nitrogens with one attached hydrogen (secondary N) is 2. The van der Waals surface area contributed by atoms with Crippen molar-refractivity contribution in [3.05, 3.63) is 47.7 Å². The molecule has 1 aromatic carbocycles. The minimum Gasteiger partial charge on any atom is -0.338 e. The average molecular weight is 413 g/mol. The van der Waals surface area contributed by atoms with Crippen LogP contribution in [0.2, 0.25) is 0 Å².